The van der Waals surface area contributed by atoms with E-state index in [-0.39, 0.29) is 18.5 Å². The summed E-state index contributed by atoms with van der Waals surface area (Å²) in [5.41, 5.74) is 2.76. The summed E-state index contributed by atoms with van der Waals surface area (Å²) in [6.07, 6.45) is -0.0615. The van der Waals surface area contributed by atoms with Crippen LogP contribution in [0.15, 0.2) is 18.2 Å². The summed E-state index contributed by atoms with van der Waals surface area (Å²) in [7, 11) is 0. The molecule has 5 nitrogen and oxygen atoms in total. The molecule has 0 saturated heterocycles. The van der Waals surface area contributed by atoms with Gasteiger partial charge in [0.15, 0.2) is 0 Å². The molecule has 0 saturated carbocycles. The highest BCUT2D eigenvalue weighted by atomic mass is 16.4. The second-order valence-corrected chi connectivity index (χ2v) is 4.93. The topological polar surface area (TPSA) is 69.6 Å². The first-order valence-corrected chi connectivity index (χ1v) is 6.72. The fourth-order valence-electron chi connectivity index (χ4n) is 2.21. The van der Waals surface area contributed by atoms with Gasteiger partial charge in [0.2, 0.25) is 0 Å². The number of para-hydroxylation sites is 1. The molecular formula is C15H22N2O3. The molecule has 0 radical (unpaired) electrons. The molecule has 1 aromatic rings. The number of benzene rings is 1. The van der Waals surface area contributed by atoms with Gasteiger partial charge >= 0.3 is 12.0 Å². The minimum absolute atomic E-state index is 0.0615. The number of rotatable bonds is 5. The SMILES string of the molecule is CCN(C(=O)Nc1c(C)cccc1C)C(C)CC(=O)O. The van der Waals surface area contributed by atoms with Gasteiger partial charge in [0.1, 0.15) is 0 Å². The molecule has 0 aliphatic heterocycles. The summed E-state index contributed by atoms with van der Waals surface area (Å²) < 4.78 is 0. The zero-order valence-electron chi connectivity index (χ0n) is 12.4. The zero-order valence-corrected chi connectivity index (χ0v) is 12.4. The van der Waals surface area contributed by atoms with E-state index < -0.39 is 5.97 Å². The number of carboxylic acids is 1. The maximum Gasteiger partial charge on any atom is 0.322 e. The Bertz CT molecular complexity index is 480. The summed E-state index contributed by atoms with van der Waals surface area (Å²) in [6, 6.07) is 5.19. The quantitative estimate of drug-likeness (QED) is 0.869. The molecule has 110 valence electrons. The Morgan fingerprint density at radius 2 is 1.85 bits per heavy atom. The Kier molecular flexibility index (Phi) is 5.55. The van der Waals surface area contributed by atoms with Crippen molar-refractivity contribution in [2.24, 2.45) is 0 Å². The second kappa shape index (κ2) is 6.93. The number of carbonyl (C=O) groups is 2. The van der Waals surface area contributed by atoms with Crippen LogP contribution in [0.4, 0.5) is 10.5 Å². The third-order valence-corrected chi connectivity index (χ3v) is 3.32. The summed E-state index contributed by atoms with van der Waals surface area (Å²) in [5, 5.41) is 11.7. The van der Waals surface area contributed by atoms with Crippen molar-refractivity contribution in [1.82, 2.24) is 4.90 Å². The molecule has 0 heterocycles. The minimum atomic E-state index is -0.907. The van der Waals surface area contributed by atoms with Crippen LogP contribution in [0, 0.1) is 13.8 Å². The lowest BCUT2D eigenvalue weighted by atomic mass is 10.1. The molecular weight excluding hydrogens is 256 g/mol. The molecule has 0 aliphatic carbocycles. The maximum atomic E-state index is 12.3. The van der Waals surface area contributed by atoms with E-state index in [0.717, 1.165) is 16.8 Å². The van der Waals surface area contributed by atoms with E-state index in [1.807, 2.05) is 39.0 Å². The van der Waals surface area contributed by atoms with Crippen LogP contribution in [0.2, 0.25) is 0 Å². The van der Waals surface area contributed by atoms with Crippen molar-refractivity contribution in [2.45, 2.75) is 40.2 Å². The summed E-state index contributed by atoms with van der Waals surface area (Å²) in [4.78, 5) is 24.6. The number of nitrogens with zero attached hydrogens (tertiary/aromatic N) is 1. The van der Waals surface area contributed by atoms with Crippen LogP contribution in [0.5, 0.6) is 0 Å². The Labute approximate surface area is 119 Å². The average molecular weight is 278 g/mol. The van der Waals surface area contributed by atoms with Gasteiger partial charge in [0.05, 0.1) is 6.42 Å². The van der Waals surface area contributed by atoms with Crippen molar-refractivity contribution in [3.63, 3.8) is 0 Å². The van der Waals surface area contributed by atoms with Crippen molar-refractivity contribution >= 4 is 17.7 Å². The smallest absolute Gasteiger partial charge is 0.322 e. The first-order valence-electron chi connectivity index (χ1n) is 6.72. The van der Waals surface area contributed by atoms with Gasteiger partial charge in [-0.15, -0.1) is 0 Å². The fraction of sp³-hybridized carbons (Fsp3) is 0.467. The highest BCUT2D eigenvalue weighted by Gasteiger charge is 2.21. The predicted molar refractivity (Wildman–Crippen MR) is 79.0 cm³/mol. The third kappa shape index (κ3) is 3.98. The van der Waals surface area contributed by atoms with Crippen LogP contribution >= 0.6 is 0 Å². The van der Waals surface area contributed by atoms with E-state index >= 15 is 0 Å². The molecule has 0 bridgehead atoms. The number of nitrogens with one attached hydrogen (secondary N) is 1. The zero-order chi connectivity index (χ0) is 15.3. The minimum Gasteiger partial charge on any atom is -0.481 e. The van der Waals surface area contributed by atoms with Gasteiger partial charge in [-0.1, -0.05) is 18.2 Å². The van der Waals surface area contributed by atoms with E-state index in [4.69, 9.17) is 5.11 Å². The molecule has 2 amide bonds. The number of amides is 2. The number of urea groups is 1. The number of hydrogen-bond donors (Lipinski definition) is 2. The van der Waals surface area contributed by atoms with Crippen LogP contribution < -0.4 is 5.32 Å². The van der Waals surface area contributed by atoms with Crippen LogP contribution in [0.3, 0.4) is 0 Å². The molecule has 0 spiro atoms. The molecule has 1 aromatic carbocycles. The Morgan fingerprint density at radius 3 is 2.30 bits per heavy atom. The van der Waals surface area contributed by atoms with Crippen molar-refractivity contribution < 1.29 is 14.7 Å². The molecule has 2 N–H and O–H groups in total. The maximum absolute atomic E-state index is 12.3. The monoisotopic (exact) mass is 278 g/mol. The molecule has 0 aliphatic rings. The van der Waals surface area contributed by atoms with Gasteiger partial charge in [-0.05, 0) is 38.8 Å². The number of carboxylic acid groups (broad SMARTS) is 1. The van der Waals surface area contributed by atoms with Gasteiger partial charge in [0.25, 0.3) is 0 Å². The fourth-order valence-corrected chi connectivity index (χ4v) is 2.21. The van der Waals surface area contributed by atoms with Crippen molar-refractivity contribution in [3.8, 4) is 0 Å². The summed E-state index contributed by atoms with van der Waals surface area (Å²) >= 11 is 0. The van der Waals surface area contributed by atoms with Crippen molar-refractivity contribution in [3.05, 3.63) is 29.3 Å². The summed E-state index contributed by atoms with van der Waals surface area (Å²) in [6.45, 7) is 7.90. The van der Waals surface area contributed by atoms with E-state index in [1.54, 1.807) is 6.92 Å². The molecule has 0 fully saturated rings. The van der Waals surface area contributed by atoms with E-state index in [2.05, 4.69) is 5.32 Å². The lowest BCUT2D eigenvalue weighted by Gasteiger charge is -2.27. The van der Waals surface area contributed by atoms with Crippen LogP contribution in [-0.4, -0.2) is 34.6 Å². The van der Waals surface area contributed by atoms with Crippen LogP contribution in [0.1, 0.15) is 31.4 Å². The summed E-state index contributed by atoms with van der Waals surface area (Å²) in [5.74, 6) is -0.907. The predicted octanol–water partition coefficient (Wildman–Crippen LogP) is 3.02. The Morgan fingerprint density at radius 1 is 1.30 bits per heavy atom. The average Bonchev–Trinajstić information content (AvgIpc) is 2.34. The van der Waals surface area contributed by atoms with E-state index in [0.29, 0.717) is 6.54 Å². The molecule has 1 atom stereocenters. The van der Waals surface area contributed by atoms with Gasteiger partial charge in [0, 0.05) is 18.3 Å². The van der Waals surface area contributed by atoms with Gasteiger partial charge in [-0.3, -0.25) is 4.79 Å². The van der Waals surface area contributed by atoms with Gasteiger partial charge in [-0.2, -0.15) is 0 Å². The number of carbonyl (C=O) groups excluding carboxylic acids is 1. The second-order valence-electron chi connectivity index (χ2n) is 4.93. The van der Waals surface area contributed by atoms with Crippen molar-refractivity contribution in [2.75, 3.05) is 11.9 Å². The highest BCUT2D eigenvalue weighted by Crippen LogP contribution is 2.20. The van der Waals surface area contributed by atoms with Crippen molar-refractivity contribution in [1.29, 1.82) is 0 Å². The Balaban J connectivity index is 2.85. The molecule has 1 unspecified atom stereocenters. The first-order chi connectivity index (χ1) is 9.36. The lowest BCUT2D eigenvalue weighted by Crippen LogP contribution is -2.42. The number of aryl methyl sites for hydroxylation is 2. The van der Waals surface area contributed by atoms with Crippen LogP contribution in [0.25, 0.3) is 0 Å². The number of hydrogen-bond acceptors (Lipinski definition) is 2. The first kappa shape index (κ1) is 16.0. The molecule has 20 heavy (non-hydrogen) atoms. The number of aliphatic carboxylic acids is 1. The molecule has 0 aromatic heterocycles. The lowest BCUT2D eigenvalue weighted by molar-refractivity contribution is -0.137. The van der Waals surface area contributed by atoms with E-state index in [1.165, 1.54) is 4.90 Å². The van der Waals surface area contributed by atoms with Gasteiger partial charge < -0.3 is 15.3 Å². The van der Waals surface area contributed by atoms with E-state index in [9.17, 15) is 9.59 Å². The standard InChI is InChI=1S/C15H22N2O3/c1-5-17(12(4)9-13(18)19)15(20)16-14-10(2)7-6-8-11(14)3/h6-8,12H,5,9H2,1-4H3,(H,16,20)(H,18,19). The molecule has 5 heteroatoms. The largest absolute Gasteiger partial charge is 0.481 e. The Hall–Kier alpha value is -2.04. The highest BCUT2D eigenvalue weighted by molar-refractivity contribution is 5.91. The van der Waals surface area contributed by atoms with Gasteiger partial charge in [-0.25, -0.2) is 4.79 Å². The third-order valence-electron chi connectivity index (χ3n) is 3.32. The number of anilines is 1. The molecule has 1 rings (SSSR count). The van der Waals surface area contributed by atoms with Crippen LogP contribution in [-0.2, 0) is 4.79 Å². The normalized spacial score (nSPS) is 11.8.